The van der Waals surface area contributed by atoms with E-state index in [1.807, 2.05) is 60.8 Å². The van der Waals surface area contributed by atoms with E-state index in [2.05, 4.69) is 20.7 Å². The summed E-state index contributed by atoms with van der Waals surface area (Å²) in [5, 5.41) is 13.3. The molecule has 0 spiro atoms. The molecule has 33 heavy (non-hydrogen) atoms. The number of hydrogen-bond acceptors (Lipinski definition) is 6. The average Bonchev–Trinajstić information content (AvgIpc) is 2.87. The Labute approximate surface area is 193 Å². The molecule has 0 aliphatic rings. The number of rotatable bonds is 12. The van der Waals surface area contributed by atoms with Crippen molar-refractivity contribution in [2.75, 3.05) is 24.7 Å². The third-order valence-electron chi connectivity index (χ3n) is 4.68. The second-order valence-corrected chi connectivity index (χ2v) is 7.03. The van der Waals surface area contributed by atoms with E-state index in [1.54, 1.807) is 30.9 Å². The van der Waals surface area contributed by atoms with E-state index >= 15 is 0 Å². The zero-order chi connectivity index (χ0) is 23.1. The number of anilines is 1. The van der Waals surface area contributed by atoms with Crippen LogP contribution in [-0.2, 0) is 4.79 Å². The van der Waals surface area contributed by atoms with Crippen molar-refractivity contribution in [1.82, 2.24) is 15.7 Å². The lowest BCUT2D eigenvalue weighted by molar-refractivity contribution is -0.123. The molecule has 0 atom stereocenters. The van der Waals surface area contributed by atoms with Gasteiger partial charge in [-0.3, -0.25) is 14.8 Å². The monoisotopic (exact) mass is 442 g/mol. The van der Waals surface area contributed by atoms with Crippen molar-refractivity contribution in [1.29, 1.82) is 5.26 Å². The zero-order valence-corrected chi connectivity index (χ0v) is 18.2. The van der Waals surface area contributed by atoms with E-state index in [0.29, 0.717) is 18.8 Å². The van der Waals surface area contributed by atoms with Crippen molar-refractivity contribution in [2.24, 2.45) is 4.99 Å². The predicted octanol–water partition coefficient (Wildman–Crippen LogP) is 3.54. The Morgan fingerprint density at radius 1 is 1.06 bits per heavy atom. The van der Waals surface area contributed by atoms with E-state index in [-0.39, 0.29) is 12.5 Å². The smallest absolute Gasteiger partial charge is 0.257 e. The highest BCUT2D eigenvalue weighted by Gasteiger charge is 2.08. The first-order chi connectivity index (χ1) is 16.3. The second kappa shape index (κ2) is 13.1. The topological polar surface area (TPSA) is 103 Å². The average molecular weight is 443 g/mol. The van der Waals surface area contributed by atoms with Gasteiger partial charge in [0.15, 0.2) is 12.8 Å². The molecule has 8 nitrogen and oxygen atoms in total. The first-order valence-electron chi connectivity index (χ1n) is 10.7. The third kappa shape index (κ3) is 7.67. The van der Waals surface area contributed by atoms with E-state index in [4.69, 9.17) is 10.00 Å². The van der Waals surface area contributed by atoms with Crippen LogP contribution in [0.5, 0.6) is 5.75 Å². The van der Waals surface area contributed by atoms with E-state index in [1.165, 1.54) is 5.01 Å². The first kappa shape index (κ1) is 23.3. The number of aliphatic imine (C=N–C) groups is 1. The summed E-state index contributed by atoms with van der Waals surface area (Å²) in [6, 6.07) is 21.2. The van der Waals surface area contributed by atoms with Crippen LogP contribution in [0.15, 0.2) is 84.1 Å². The van der Waals surface area contributed by atoms with Crippen molar-refractivity contribution in [3.8, 4) is 23.1 Å². The van der Waals surface area contributed by atoms with Gasteiger partial charge in [0.1, 0.15) is 12.1 Å². The van der Waals surface area contributed by atoms with Crippen LogP contribution in [0.1, 0.15) is 12.8 Å². The molecule has 2 aromatic carbocycles. The molecule has 1 aromatic heterocycles. The number of amides is 1. The van der Waals surface area contributed by atoms with Gasteiger partial charge in [0.2, 0.25) is 0 Å². The first-order valence-corrected chi connectivity index (χ1v) is 10.7. The molecule has 168 valence electrons. The van der Waals surface area contributed by atoms with Crippen LogP contribution < -0.4 is 20.5 Å². The molecule has 0 saturated heterocycles. The van der Waals surface area contributed by atoms with Gasteiger partial charge in [-0.2, -0.15) is 5.26 Å². The van der Waals surface area contributed by atoms with Gasteiger partial charge in [-0.25, -0.2) is 10.4 Å². The van der Waals surface area contributed by atoms with Crippen LogP contribution in [0.3, 0.4) is 0 Å². The number of carbonyl (C=O) groups excluding carboxylic acids is 1. The number of hydrazine groups is 1. The molecule has 0 aliphatic heterocycles. The summed E-state index contributed by atoms with van der Waals surface area (Å²) in [5.41, 5.74) is 5.31. The van der Waals surface area contributed by atoms with Gasteiger partial charge in [-0.05, 0) is 36.6 Å². The summed E-state index contributed by atoms with van der Waals surface area (Å²) >= 11 is 0. The molecular formula is C25H26N6O2. The fourth-order valence-electron chi connectivity index (χ4n) is 3.06. The van der Waals surface area contributed by atoms with Crippen LogP contribution in [0.4, 0.5) is 5.69 Å². The molecule has 1 amide bonds. The van der Waals surface area contributed by atoms with E-state index < -0.39 is 0 Å². The summed E-state index contributed by atoms with van der Waals surface area (Å²) in [6.45, 7) is 1.08. The summed E-state index contributed by atoms with van der Waals surface area (Å²) in [4.78, 5) is 20.4. The lowest BCUT2D eigenvalue weighted by Crippen LogP contribution is -2.33. The number of nitrogens with one attached hydrogen (secondary N) is 2. The minimum absolute atomic E-state index is 0.0390. The Kier molecular flexibility index (Phi) is 9.26. The van der Waals surface area contributed by atoms with Gasteiger partial charge in [-0.15, -0.1) is 0 Å². The molecule has 8 heteroatoms. The van der Waals surface area contributed by atoms with Gasteiger partial charge in [0.05, 0.1) is 5.69 Å². The summed E-state index contributed by atoms with van der Waals surface area (Å²) in [6.07, 6.45) is 8.31. The van der Waals surface area contributed by atoms with Gasteiger partial charge >= 0.3 is 0 Å². The van der Waals surface area contributed by atoms with Crippen LogP contribution >= 0.6 is 0 Å². The van der Waals surface area contributed by atoms with Crippen molar-refractivity contribution in [3.63, 3.8) is 0 Å². The van der Waals surface area contributed by atoms with E-state index in [0.717, 1.165) is 29.7 Å². The SMILES string of the molecule is N#CNN(C=NCCCCNC(=O)COc1ccccc1-c1ccccc1)c1ccncc1. The highest BCUT2D eigenvalue weighted by Crippen LogP contribution is 2.29. The minimum atomic E-state index is -0.163. The van der Waals surface area contributed by atoms with Crippen molar-refractivity contribution in [2.45, 2.75) is 12.8 Å². The maximum atomic E-state index is 12.2. The molecule has 3 aromatic rings. The maximum Gasteiger partial charge on any atom is 0.257 e. The zero-order valence-electron chi connectivity index (χ0n) is 18.2. The highest BCUT2D eigenvalue weighted by molar-refractivity contribution is 5.78. The highest BCUT2D eigenvalue weighted by atomic mass is 16.5. The molecule has 0 saturated carbocycles. The Morgan fingerprint density at radius 2 is 1.82 bits per heavy atom. The third-order valence-corrected chi connectivity index (χ3v) is 4.68. The van der Waals surface area contributed by atoms with Gasteiger partial charge in [-0.1, -0.05) is 48.5 Å². The number of aromatic nitrogens is 1. The molecule has 0 radical (unpaired) electrons. The number of unbranched alkanes of at least 4 members (excludes halogenated alkanes) is 1. The largest absolute Gasteiger partial charge is 0.483 e. The Morgan fingerprint density at radius 3 is 2.61 bits per heavy atom. The standard InChI is InChI=1S/C25H26N6O2/c26-19-30-31(22-12-16-27-17-13-22)20-28-14-6-7-15-29-25(32)18-33-24-11-5-4-10-23(24)21-8-2-1-3-9-21/h1-5,8-13,16-17,20,30H,6-7,14-15,18H2,(H,29,32). The van der Waals surface area contributed by atoms with Gasteiger partial charge in [0, 0.05) is 31.0 Å². The van der Waals surface area contributed by atoms with Gasteiger partial charge in [0.25, 0.3) is 5.91 Å². The number of nitrogens with zero attached hydrogens (tertiary/aromatic N) is 4. The summed E-state index contributed by atoms with van der Waals surface area (Å²) < 4.78 is 5.76. The number of carbonyl (C=O) groups is 1. The summed E-state index contributed by atoms with van der Waals surface area (Å²) in [5.74, 6) is 0.515. The molecule has 0 bridgehead atoms. The van der Waals surface area contributed by atoms with Gasteiger partial charge < -0.3 is 10.1 Å². The number of ether oxygens (including phenoxy) is 1. The van der Waals surface area contributed by atoms with Crippen LogP contribution in [0.2, 0.25) is 0 Å². The van der Waals surface area contributed by atoms with Crippen molar-refractivity contribution < 1.29 is 9.53 Å². The van der Waals surface area contributed by atoms with Crippen LogP contribution in [0.25, 0.3) is 11.1 Å². The van der Waals surface area contributed by atoms with Crippen LogP contribution in [-0.4, -0.2) is 36.9 Å². The number of benzene rings is 2. The lowest BCUT2D eigenvalue weighted by atomic mass is 10.1. The van der Waals surface area contributed by atoms with E-state index in [9.17, 15) is 4.79 Å². The maximum absolute atomic E-state index is 12.2. The normalized spacial score (nSPS) is 10.4. The molecule has 1 heterocycles. The number of para-hydroxylation sites is 1. The Hall–Kier alpha value is -4.38. The Balaban J connectivity index is 1.35. The fourth-order valence-corrected chi connectivity index (χ4v) is 3.06. The van der Waals surface area contributed by atoms with Crippen molar-refractivity contribution in [3.05, 3.63) is 79.1 Å². The number of nitriles is 1. The quantitative estimate of drug-likeness (QED) is 0.111. The fraction of sp³-hybridized carbons (Fsp3) is 0.200. The summed E-state index contributed by atoms with van der Waals surface area (Å²) in [7, 11) is 0. The number of hydrogen-bond donors (Lipinski definition) is 2. The molecule has 3 rings (SSSR count). The minimum Gasteiger partial charge on any atom is -0.483 e. The molecular weight excluding hydrogens is 416 g/mol. The predicted molar refractivity (Wildman–Crippen MR) is 128 cm³/mol. The van der Waals surface area contributed by atoms with Crippen LogP contribution in [0, 0.1) is 11.5 Å². The number of pyridine rings is 1. The molecule has 0 fully saturated rings. The van der Waals surface area contributed by atoms with Crippen molar-refractivity contribution >= 4 is 17.9 Å². The molecule has 2 N–H and O–H groups in total. The molecule has 0 aliphatic carbocycles. The lowest BCUT2D eigenvalue weighted by Gasteiger charge is -2.15. The molecule has 0 unspecified atom stereocenters. The second-order valence-electron chi connectivity index (χ2n) is 7.03. The Bertz CT molecular complexity index is 1070.